The molecule has 1 atom stereocenters. The van der Waals surface area contributed by atoms with Gasteiger partial charge in [-0.2, -0.15) is 13.2 Å². The maximum Gasteiger partial charge on any atom is 0.409 e. The first-order valence-corrected chi connectivity index (χ1v) is 10.9. The molecule has 0 saturated heterocycles. The average molecular weight is 505 g/mol. The van der Waals surface area contributed by atoms with E-state index in [0.717, 1.165) is 0 Å². The molecule has 0 bridgehead atoms. The summed E-state index contributed by atoms with van der Waals surface area (Å²) in [4.78, 5) is 54.6. The molecule has 0 spiro atoms. The zero-order chi connectivity index (χ0) is 26.4. The largest absolute Gasteiger partial charge is 0.455 e. The highest BCUT2D eigenvalue weighted by Crippen LogP contribution is 2.37. The minimum absolute atomic E-state index is 0.0348. The summed E-state index contributed by atoms with van der Waals surface area (Å²) in [6.07, 6.45) is -6.26. The highest BCUT2D eigenvalue weighted by molar-refractivity contribution is 6.05. The maximum absolute atomic E-state index is 13.8. The number of halogens is 3. The van der Waals surface area contributed by atoms with Crippen molar-refractivity contribution in [2.45, 2.75) is 38.9 Å². The van der Waals surface area contributed by atoms with Crippen LogP contribution in [0.2, 0.25) is 0 Å². The van der Waals surface area contributed by atoms with Crippen molar-refractivity contribution in [3.63, 3.8) is 0 Å². The number of aromatic amines is 1. The Morgan fingerprint density at radius 1 is 1.19 bits per heavy atom. The second-order valence-corrected chi connectivity index (χ2v) is 8.43. The molecule has 3 aromatic rings. The number of amides is 2. The van der Waals surface area contributed by atoms with Gasteiger partial charge in [0.2, 0.25) is 5.91 Å². The van der Waals surface area contributed by atoms with Crippen molar-refractivity contribution in [3.05, 3.63) is 51.4 Å². The van der Waals surface area contributed by atoms with Crippen molar-refractivity contribution in [1.82, 2.24) is 14.8 Å². The normalized spacial score (nSPS) is 15.9. The highest BCUT2D eigenvalue weighted by Gasteiger charge is 2.49. The molecule has 2 N–H and O–H groups in total. The average Bonchev–Trinajstić information content (AvgIpc) is 2.97. The number of esters is 1. The van der Waals surface area contributed by atoms with E-state index in [1.165, 1.54) is 28.9 Å². The van der Waals surface area contributed by atoms with Crippen molar-refractivity contribution in [2.75, 3.05) is 16.8 Å². The molecule has 0 radical (unpaired) electrons. The van der Waals surface area contributed by atoms with Gasteiger partial charge in [0.05, 0.1) is 29.6 Å². The molecule has 1 aliphatic rings. The van der Waals surface area contributed by atoms with E-state index in [0.29, 0.717) is 32.8 Å². The van der Waals surface area contributed by atoms with Crippen LogP contribution in [-0.2, 0) is 32.6 Å². The summed E-state index contributed by atoms with van der Waals surface area (Å²) < 4.78 is 47.9. The first-order valence-electron chi connectivity index (χ1n) is 10.9. The lowest BCUT2D eigenvalue weighted by Crippen LogP contribution is -2.51. The van der Waals surface area contributed by atoms with Crippen LogP contribution >= 0.6 is 0 Å². The summed E-state index contributed by atoms with van der Waals surface area (Å²) >= 11 is 0. The third-order valence-corrected chi connectivity index (χ3v) is 6.03. The molecular weight excluding hydrogens is 483 g/mol. The van der Waals surface area contributed by atoms with Crippen molar-refractivity contribution >= 4 is 40.2 Å². The summed E-state index contributed by atoms with van der Waals surface area (Å²) in [6, 6.07) is 3.13. The summed E-state index contributed by atoms with van der Waals surface area (Å²) in [6.45, 7) is 2.31. The third kappa shape index (κ3) is 4.55. The van der Waals surface area contributed by atoms with Gasteiger partial charge in [0.25, 0.3) is 11.5 Å². The number of ether oxygens (including phenoxy) is 1. The zero-order valence-corrected chi connectivity index (χ0v) is 19.5. The molecule has 36 heavy (non-hydrogen) atoms. The first-order chi connectivity index (χ1) is 16.9. The van der Waals surface area contributed by atoms with Gasteiger partial charge in [-0.1, -0.05) is 12.1 Å². The molecule has 2 amide bonds. The second-order valence-electron chi connectivity index (χ2n) is 8.43. The molecule has 0 saturated carbocycles. The number of carbonyl (C=O) groups is 3. The highest BCUT2D eigenvalue weighted by atomic mass is 19.4. The third-order valence-electron chi connectivity index (χ3n) is 6.03. The van der Waals surface area contributed by atoms with E-state index >= 15 is 0 Å². The molecule has 3 heterocycles. The standard InChI is InChI=1S/C23H22F3N5O5/c1-11-13(12(2)27-21-20(11)22(35)29-30(21)3)8-19(34)36-10-18(33)31-15-7-5-4-6-14(15)28-17(32)9-16(31)23(24,25)26/h4-7,16H,8-10H2,1-3H3,(H,28,32)(H,29,35). The van der Waals surface area contributed by atoms with Gasteiger partial charge in [0.1, 0.15) is 6.04 Å². The summed E-state index contributed by atoms with van der Waals surface area (Å²) in [5.41, 5.74) is 1.28. The fourth-order valence-corrected chi connectivity index (χ4v) is 4.31. The molecule has 1 aliphatic heterocycles. The van der Waals surface area contributed by atoms with Crippen LogP contribution in [0.4, 0.5) is 24.5 Å². The number of nitrogens with zero attached hydrogens (tertiary/aromatic N) is 3. The van der Waals surface area contributed by atoms with Crippen LogP contribution in [0.1, 0.15) is 23.2 Å². The number of nitrogens with one attached hydrogen (secondary N) is 2. The van der Waals surface area contributed by atoms with Gasteiger partial charge in [-0.15, -0.1) is 0 Å². The lowest BCUT2D eigenvalue weighted by molar-refractivity contribution is -0.160. The Kier molecular flexibility index (Phi) is 6.33. The van der Waals surface area contributed by atoms with E-state index in [-0.39, 0.29) is 23.4 Å². The molecule has 1 unspecified atom stereocenters. The topological polar surface area (TPSA) is 126 Å². The first kappa shape index (κ1) is 24.9. The minimum Gasteiger partial charge on any atom is -0.455 e. The second kappa shape index (κ2) is 9.13. The van der Waals surface area contributed by atoms with E-state index in [4.69, 9.17) is 4.74 Å². The van der Waals surface area contributed by atoms with Gasteiger partial charge >= 0.3 is 12.1 Å². The molecule has 1 aromatic carbocycles. The monoisotopic (exact) mass is 505 g/mol. The molecule has 190 valence electrons. The smallest absolute Gasteiger partial charge is 0.409 e. The number of aromatic nitrogens is 3. The van der Waals surface area contributed by atoms with Gasteiger partial charge in [0.15, 0.2) is 12.3 Å². The number of rotatable bonds is 4. The number of anilines is 2. The Bertz CT molecular complexity index is 1440. The number of para-hydroxylation sites is 2. The lowest BCUT2D eigenvalue weighted by Gasteiger charge is -2.31. The number of pyridine rings is 1. The van der Waals surface area contributed by atoms with Crippen LogP contribution < -0.4 is 15.8 Å². The molecule has 2 aromatic heterocycles. The Labute approximate surface area is 202 Å². The molecule has 10 nitrogen and oxygen atoms in total. The van der Waals surface area contributed by atoms with E-state index in [2.05, 4.69) is 15.4 Å². The minimum atomic E-state index is -4.91. The number of aryl methyl sites for hydroxylation is 3. The van der Waals surface area contributed by atoms with Gasteiger partial charge in [-0.3, -0.25) is 33.9 Å². The van der Waals surface area contributed by atoms with Crippen LogP contribution in [0.25, 0.3) is 11.0 Å². The molecule has 0 aliphatic carbocycles. The fraction of sp³-hybridized carbons (Fsp3) is 0.348. The van der Waals surface area contributed by atoms with Crippen LogP contribution in [-0.4, -0.2) is 51.4 Å². The SMILES string of the molecule is Cc1nc2c(c(C)c1CC(=O)OCC(=O)N1c3ccccc3NC(=O)CC1C(F)(F)F)c(=O)[nH]n2C. The Morgan fingerprint density at radius 2 is 1.89 bits per heavy atom. The number of hydrogen-bond donors (Lipinski definition) is 2. The van der Waals surface area contributed by atoms with E-state index in [1.54, 1.807) is 20.9 Å². The summed E-state index contributed by atoms with van der Waals surface area (Å²) in [5, 5.41) is 5.25. The van der Waals surface area contributed by atoms with Crippen molar-refractivity contribution in [3.8, 4) is 0 Å². The Hall–Kier alpha value is -4.16. The van der Waals surface area contributed by atoms with Crippen LogP contribution in [0, 0.1) is 13.8 Å². The van der Waals surface area contributed by atoms with Crippen molar-refractivity contribution in [1.29, 1.82) is 0 Å². The van der Waals surface area contributed by atoms with Gasteiger partial charge in [-0.25, -0.2) is 4.98 Å². The van der Waals surface area contributed by atoms with Crippen LogP contribution in [0.15, 0.2) is 29.1 Å². The molecule has 0 fully saturated rings. The number of fused-ring (bicyclic) bond motifs is 2. The number of H-pyrrole nitrogens is 1. The summed E-state index contributed by atoms with van der Waals surface area (Å²) in [5.74, 6) is -2.93. The molecule has 4 rings (SSSR count). The van der Waals surface area contributed by atoms with Gasteiger partial charge < -0.3 is 10.1 Å². The van der Waals surface area contributed by atoms with E-state index < -0.39 is 43.0 Å². The van der Waals surface area contributed by atoms with Crippen molar-refractivity contribution in [2.24, 2.45) is 7.05 Å². The molecule has 13 heteroatoms. The fourth-order valence-electron chi connectivity index (χ4n) is 4.31. The van der Waals surface area contributed by atoms with Gasteiger partial charge in [-0.05, 0) is 37.1 Å². The quantitative estimate of drug-likeness (QED) is 0.524. The number of benzene rings is 1. The maximum atomic E-state index is 13.8. The predicted octanol–water partition coefficient (Wildman–Crippen LogP) is 2.27. The Balaban J connectivity index is 1.56. The van der Waals surface area contributed by atoms with E-state index in [9.17, 15) is 32.3 Å². The van der Waals surface area contributed by atoms with Gasteiger partial charge in [0, 0.05) is 12.7 Å². The lowest BCUT2D eigenvalue weighted by atomic mass is 10.0. The predicted molar refractivity (Wildman–Crippen MR) is 122 cm³/mol. The number of alkyl halides is 3. The number of carbonyl (C=O) groups excluding carboxylic acids is 3. The van der Waals surface area contributed by atoms with Crippen LogP contribution in [0.5, 0.6) is 0 Å². The van der Waals surface area contributed by atoms with E-state index in [1.807, 2.05) is 0 Å². The number of hydrogen-bond acceptors (Lipinski definition) is 6. The van der Waals surface area contributed by atoms with Crippen LogP contribution in [0.3, 0.4) is 0 Å². The molecular formula is C23H22F3N5O5. The van der Waals surface area contributed by atoms with Crippen molar-refractivity contribution < 1.29 is 32.3 Å². The Morgan fingerprint density at radius 3 is 2.58 bits per heavy atom. The summed E-state index contributed by atoms with van der Waals surface area (Å²) in [7, 11) is 1.62. The zero-order valence-electron chi connectivity index (χ0n) is 19.5.